The van der Waals surface area contributed by atoms with Crippen molar-refractivity contribution in [3.8, 4) is 0 Å². The molecule has 18 heteroatoms. The van der Waals surface area contributed by atoms with Gasteiger partial charge in [0, 0.05) is 37.7 Å². The molecule has 0 fully saturated rings. The highest BCUT2D eigenvalue weighted by Gasteiger charge is 2.39. The van der Waals surface area contributed by atoms with E-state index >= 15 is 0 Å². The van der Waals surface area contributed by atoms with Gasteiger partial charge in [-0.1, -0.05) is 11.2 Å². The SMILES string of the molecule is COC(=O)c1cncc(CN2CCCC(N(Cc3cc(C(F)(F)F)cc(C(F)(F)F)c3)c3nnn(C)n3)c3cc(C)c(C(F)(F)F)cc32)c1. The minimum absolute atomic E-state index is 0.00384. The van der Waals surface area contributed by atoms with E-state index in [1.165, 1.54) is 50.5 Å². The Morgan fingerprint density at radius 3 is 2.16 bits per heavy atom. The van der Waals surface area contributed by atoms with Gasteiger partial charge >= 0.3 is 24.5 Å². The van der Waals surface area contributed by atoms with E-state index in [-0.39, 0.29) is 53.9 Å². The molecule has 1 aliphatic rings. The highest BCUT2D eigenvalue weighted by molar-refractivity contribution is 5.89. The third-order valence-corrected chi connectivity index (χ3v) is 8.01. The maximum atomic E-state index is 14.2. The smallest absolute Gasteiger partial charge is 0.416 e. The molecule has 4 aromatic rings. The van der Waals surface area contributed by atoms with Crippen molar-refractivity contribution in [3.05, 3.63) is 93.3 Å². The van der Waals surface area contributed by atoms with Gasteiger partial charge in [-0.3, -0.25) is 4.98 Å². The van der Waals surface area contributed by atoms with E-state index < -0.39 is 53.8 Å². The summed E-state index contributed by atoms with van der Waals surface area (Å²) >= 11 is 0. The van der Waals surface area contributed by atoms with Crippen LogP contribution in [0.15, 0.2) is 48.8 Å². The number of esters is 1. The summed E-state index contributed by atoms with van der Waals surface area (Å²) in [6.45, 7) is 0.875. The van der Waals surface area contributed by atoms with Crippen LogP contribution >= 0.6 is 0 Å². The number of carbonyl (C=O) groups excluding carboxylic acids is 1. The molecule has 49 heavy (non-hydrogen) atoms. The van der Waals surface area contributed by atoms with E-state index in [0.717, 1.165) is 10.9 Å². The van der Waals surface area contributed by atoms with E-state index in [0.29, 0.717) is 29.7 Å². The Morgan fingerprint density at radius 1 is 0.918 bits per heavy atom. The fourth-order valence-electron chi connectivity index (χ4n) is 5.84. The van der Waals surface area contributed by atoms with Crippen LogP contribution in [0.3, 0.4) is 0 Å². The number of tetrazole rings is 1. The molecule has 2 aromatic carbocycles. The van der Waals surface area contributed by atoms with E-state index in [1.54, 1.807) is 4.90 Å². The summed E-state index contributed by atoms with van der Waals surface area (Å²) in [5.74, 6) is -0.832. The van der Waals surface area contributed by atoms with Gasteiger partial charge in [0.25, 0.3) is 5.95 Å². The Balaban J connectivity index is 1.66. The first-order valence-electron chi connectivity index (χ1n) is 14.6. The summed E-state index contributed by atoms with van der Waals surface area (Å²) < 4.78 is 130. The predicted molar refractivity (Wildman–Crippen MR) is 156 cm³/mol. The molecule has 262 valence electrons. The monoisotopic (exact) mass is 701 g/mol. The molecule has 0 bridgehead atoms. The van der Waals surface area contributed by atoms with Gasteiger partial charge in [0.1, 0.15) is 0 Å². The summed E-state index contributed by atoms with van der Waals surface area (Å²) in [7, 11) is 2.59. The molecule has 3 heterocycles. The lowest BCUT2D eigenvalue weighted by Gasteiger charge is -2.33. The number of nitrogens with zero attached hydrogens (tertiary/aromatic N) is 7. The third kappa shape index (κ3) is 7.88. The lowest BCUT2D eigenvalue weighted by atomic mass is 9.94. The highest BCUT2D eigenvalue weighted by Crippen LogP contribution is 2.44. The molecule has 2 aromatic heterocycles. The number of anilines is 2. The largest absolute Gasteiger partial charge is 0.465 e. The average molecular weight is 702 g/mol. The van der Waals surface area contributed by atoms with Gasteiger partial charge in [0.2, 0.25) is 0 Å². The van der Waals surface area contributed by atoms with E-state index in [9.17, 15) is 44.3 Å². The zero-order chi connectivity index (χ0) is 35.9. The van der Waals surface area contributed by atoms with Crippen LogP contribution in [0.25, 0.3) is 0 Å². The number of hydrogen-bond donors (Lipinski definition) is 0. The number of pyridine rings is 1. The molecule has 0 saturated carbocycles. The van der Waals surface area contributed by atoms with Crippen LogP contribution < -0.4 is 9.80 Å². The van der Waals surface area contributed by atoms with Gasteiger partial charge in [0.05, 0.1) is 42.5 Å². The Kier molecular flexibility index (Phi) is 9.53. The van der Waals surface area contributed by atoms with Crippen LogP contribution in [-0.2, 0) is 43.4 Å². The number of halogens is 9. The van der Waals surface area contributed by atoms with E-state index in [4.69, 9.17) is 4.74 Å². The first-order chi connectivity index (χ1) is 22.8. The summed E-state index contributed by atoms with van der Waals surface area (Å²) in [5.41, 5.74) is -3.52. The minimum atomic E-state index is -5.10. The van der Waals surface area contributed by atoms with Crippen LogP contribution in [0.1, 0.15) is 68.2 Å². The van der Waals surface area contributed by atoms with Gasteiger partial charge in [-0.25, -0.2) is 4.79 Å². The van der Waals surface area contributed by atoms with Gasteiger partial charge < -0.3 is 14.5 Å². The fraction of sp³-hybridized carbons (Fsp3) is 0.387. The molecule has 1 unspecified atom stereocenters. The number of ether oxygens (including phenoxy) is 1. The molecule has 5 rings (SSSR count). The first kappa shape index (κ1) is 35.4. The number of hydrogen-bond acceptors (Lipinski definition) is 8. The second kappa shape index (κ2) is 13.2. The number of methoxy groups -OCH3 is 1. The third-order valence-electron chi connectivity index (χ3n) is 8.01. The Morgan fingerprint density at radius 2 is 1.59 bits per heavy atom. The minimum Gasteiger partial charge on any atom is -0.465 e. The van der Waals surface area contributed by atoms with Crippen molar-refractivity contribution < 1.29 is 49.0 Å². The number of alkyl halides is 9. The molecule has 0 amide bonds. The summed E-state index contributed by atoms with van der Waals surface area (Å²) in [6, 6.07) is 4.02. The molecule has 0 aliphatic carbocycles. The second-order valence-corrected chi connectivity index (χ2v) is 11.5. The van der Waals surface area contributed by atoms with Crippen molar-refractivity contribution in [2.45, 2.75) is 57.4 Å². The van der Waals surface area contributed by atoms with E-state index in [1.807, 2.05) is 0 Å². The molecular weight excluding hydrogens is 673 g/mol. The van der Waals surface area contributed by atoms with Crippen LogP contribution in [0.4, 0.5) is 51.1 Å². The van der Waals surface area contributed by atoms with Crippen LogP contribution in [0, 0.1) is 6.92 Å². The van der Waals surface area contributed by atoms with Crippen LogP contribution in [-0.4, -0.2) is 44.8 Å². The van der Waals surface area contributed by atoms with Gasteiger partial charge in [0.15, 0.2) is 0 Å². The summed E-state index contributed by atoms with van der Waals surface area (Å²) in [5, 5.41) is 11.9. The second-order valence-electron chi connectivity index (χ2n) is 11.5. The van der Waals surface area contributed by atoms with Crippen molar-refractivity contribution in [1.29, 1.82) is 0 Å². The molecule has 0 saturated heterocycles. The number of aryl methyl sites for hydroxylation is 2. The van der Waals surface area contributed by atoms with Crippen molar-refractivity contribution in [2.75, 3.05) is 23.5 Å². The Hall–Kier alpha value is -4.90. The lowest BCUT2D eigenvalue weighted by molar-refractivity contribution is -0.143. The molecule has 9 nitrogen and oxygen atoms in total. The van der Waals surface area contributed by atoms with Crippen molar-refractivity contribution in [2.24, 2.45) is 7.05 Å². The normalized spacial score (nSPS) is 15.5. The molecule has 0 N–H and O–H groups in total. The van der Waals surface area contributed by atoms with Gasteiger partial charge in [-0.15, -0.1) is 5.10 Å². The number of rotatable bonds is 7. The lowest BCUT2D eigenvalue weighted by Crippen LogP contribution is -2.30. The van der Waals surface area contributed by atoms with Crippen molar-refractivity contribution >= 4 is 17.6 Å². The Labute approximate surface area is 273 Å². The molecule has 1 aliphatic heterocycles. The topological polar surface area (TPSA) is 89.3 Å². The zero-order valence-corrected chi connectivity index (χ0v) is 26.1. The first-order valence-corrected chi connectivity index (χ1v) is 14.6. The Bertz CT molecular complexity index is 1810. The molecular formula is C31H28F9N7O2. The number of aromatic nitrogens is 5. The molecule has 0 spiro atoms. The average Bonchev–Trinajstić information content (AvgIpc) is 3.37. The van der Waals surface area contributed by atoms with Gasteiger partial charge in [-0.05, 0) is 77.6 Å². The molecule has 1 atom stereocenters. The fourth-order valence-corrected chi connectivity index (χ4v) is 5.84. The predicted octanol–water partition coefficient (Wildman–Crippen LogP) is 7.30. The van der Waals surface area contributed by atoms with Gasteiger partial charge in [-0.2, -0.15) is 44.3 Å². The van der Waals surface area contributed by atoms with Crippen LogP contribution in [0.5, 0.6) is 0 Å². The standard InChI is InChI=1S/C31H28F9N7O2/c1-17-7-23-25(47(28-42-44-45(2)43-28)16-18-9-21(29(32,33)34)11-22(10-18)30(35,36)37)5-4-6-46(26(23)12-24(17)31(38,39)40)15-19-8-20(14-41-13-19)27(48)49-3/h7-14,25H,4-6,15-16H2,1-3H3. The summed E-state index contributed by atoms with van der Waals surface area (Å²) in [6.07, 6.45) is -11.7. The highest BCUT2D eigenvalue weighted by atomic mass is 19.4. The number of benzene rings is 2. The quantitative estimate of drug-likeness (QED) is 0.147. The summed E-state index contributed by atoms with van der Waals surface area (Å²) in [4.78, 5) is 20.2. The maximum absolute atomic E-state index is 14.2. The number of carbonyl (C=O) groups is 1. The van der Waals surface area contributed by atoms with Crippen LogP contribution in [0.2, 0.25) is 0 Å². The zero-order valence-electron chi connectivity index (χ0n) is 26.1. The molecule has 0 radical (unpaired) electrons. The van der Waals surface area contributed by atoms with Crippen molar-refractivity contribution in [1.82, 2.24) is 25.2 Å². The number of fused-ring (bicyclic) bond motifs is 1. The van der Waals surface area contributed by atoms with Crippen molar-refractivity contribution in [3.63, 3.8) is 0 Å². The van der Waals surface area contributed by atoms with E-state index in [2.05, 4.69) is 20.4 Å². The maximum Gasteiger partial charge on any atom is 0.416 e.